The molecule has 1 N–H and O–H groups in total. The van der Waals surface area contributed by atoms with Crippen molar-refractivity contribution >= 4 is 11.6 Å². The predicted molar refractivity (Wildman–Crippen MR) is 82.6 cm³/mol. The molecule has 1 amide bonds. The molecule has 120 valence electrons. The zero-order chi connectivity index (χ0) is 16.6. The first-order valence-electron chi connectivity index (χ1n) is 7.20. The first kappa shape index (κ1) is 15.4. The largest absolute Gasteiger partial charge is 0.495 e. The van der Waals surface area contributed by atoms with Crippen LogP contribution in [0.15, 0.2) is 36.5 Å². The molecular weight excluding hydrogens is 302 g/mol. The number of methoxy groups -OCH3 is 1. The maximum absolute atomic E-state index is 12.9. The molecule has 1 heterocycles. The number of benzene rings is 1. The van der Waals surface area contributed by atoms with E-state index in [9.17, 15) is 13.6 Å². The van der Waals surface area contributed by atoms with Gasteiger partial charge >= 0.3 is 0 Å². The lowest BCUT2D eigenvalue weighted by molar-refractivity contribution is -0.119. The SMILES string of the molecule is COc1ccc(-c2cc(NC(=O)[C@@H]3CC3(F)F)ccc2C)nc1. The van der Waals surface area contributed by atoms with Gasteiger partial charge in [0.15, 0.2) is 0 Å². The van der Waals surface area contributed by atoms with Gasteiger partial charge in [-0.05, 0) is 36.8 Å². The van der Waals surface area contributed by atoms with Crippen LogP contribution in [0.5, 0.6) is 5.75 Å². The molecule has 1 aromatic heterocycles. The van der Waals surface area contributed by atoms with Gasteiger partial charge in [0.25, 0.3) is 5.92 Å². The van der Waals surface area contributed by atoms with E-state index in [-0.39, 0.29) is 6.42 Å². The van der Waals surface area contributed by atoms with Crippen molar-refractivity contribution in [3.05, 3.63) is 42.1 Å². The number of carbonyl (C=O) groups excluding carboxylic acids is 1. The quantitative estimate of drug-likeness (QED) is 0.936. The van der Waals surface area contributed by atoms with Gasteiger partial charge < -0.3 is 10.1 Å². The van der Waals surface area contributed by atoms with E-state index >= 15 is 0 Å². The molecule has 1 fully saturated rings. The number of hydrogen-bond acceptors (Lipinski definition) is 3. The Labute approximate surface area is 132 Å². The Bertz CT molecular complexity index is 745. The molecule has 1 aliphatic carbocycles. The van der Waals surface area contributed by atoms with Crippen LogP contribution in [0.3, 0.4) is 0 Å². The summed E-state index contributed by atoms with van der Waals surface area (Å²) in [6.45, 7) is 1.92. The third-order valence-corrected chi connectivity index (χ3v) is 3.90. The number of nitrogens with one attached hydrogen (secondary N) is 1. The monoisotopic (exact) mass is 318 g/mol. The molecule has 0 spiro atoms. The second kappa shape index (κ2) is 5.61. The average molecular weight is 318 g/mol. The first-order chi connectivity index (χ1) is 10.9. The molecule has 0 unspecified atom stereocenters. The van der Waals surface area contributed by atoms with Gasteiger partial charge in [-0.1, -0.05) is 6.07 Å². The van der Waals surface area contributed by atoms with Gasteiger partial charge in [0.05, 0.1) is 19.0 Å². The second-order valence-corrected chi connectivity index (χ2v) is 5.62. The number of ether oxygens (including phenoxy) is 1. The highest BCUT2D eigenvalue weighted by Gasteiger charge is 2.61. The van der Waals surface area contributed by atoms with Crippen molar-refractivity contribution in [3.63, 3.8) is 0 Å². The third-order valence-electron chi connectivity index (χ3n) is 3.90. The second-order valence-electron chi connectivity index (χ2n) is 5.62. The Morgan fingerprint density at radius 2 is 2.09 bits per heavy atom. The van der Waals surface area contributed by atoms with E-state index in [1.54, 1.807) is 31.5 Å². The topological polar surface area (TPSA) is 51.2 Å². The number of halogens is 2. The van der Waals surface area contributed by atoms with Crippen LogP contribution in [0.2, 0.25) is 0 Å². The van der Waals surface area contributed by atoms with E-state index in [1.807, 2.05) is 19.1 Å². The normalized spacial score (nSPS) is 18.3. The summed E-state index contributed by atoms with van der Waals surface area (Å²) in [5, 5.41) is 2.55. The highest BCUT2D eigenvalue weighted by molar-refractivity contribution is 5.95. The minimum atomic E-state index is -2.87. The summed E-state index contributed by atoms with van der Waals surface area (Å²) in [5.41, 5.74) is 3.00. The van der Waals surface area contributed by atoms with Crippen LogP contribution in [-0.2, 0) is 4.79 Å². The van der Waals surface area contributed by atoms with Crippen LogP contribution in [-0.4, -0.2) is 23.9 Å². The lowest BCUT2D eigenvalue weighted by atomic mass is 10.0. The zero-order valence-electron chi connectivity index (χ0n) is 12.8. The molecular formula is C17H16F2N2O2. The van der Waals surface area contributed by atoms with Crippen LogP contribution >= 0.6 is 0 Å². The fourth-order valence-electron chi connectivity index (χ4n) is 2.36. The fraction of sp³-hybridized carbons (Fsp3) is 0.294. The molecule has 3 rings (SSSR count). The Kier molecular flexibility index (Phi) is 3.75. The number of rotatable bonds is 4. The van der Waals surface area contributed by atoms with Crippen molar-refractivity contribution < 1.29 is 18.3 Å². The number of aryl methyl sites for hydroxylation is 1. The Hall–Kier alpha value is -2.50. The number of hydrogen-bond donors (Lipinski definition) is 1. The highest BCUT2D eigenvalue weighted by atomic mass is 19.3. The highest BCUT2D eigenvalue weighted by Crippen LogP contribution is 2.49. The van der Waals surface area contributed by atoms with Crippen molar-refractivity contribution in [3.8, 4) is 17.0 Å². The maximum atomic E-state index is 12.9. The smallest absolute Gasteiger partial charge is 0.260 e. The summed E-state index contributed by atoms with van der Waals surface area (Å²) in [5.74, 6) is -4.08. The number of carbonyl (C=O) groups is 1. The average Bonchev–Trinajstić information content (AvgIpc) is 3.18. The molecule has 4 nitrogen and oxygen atoms in total. The van der Waals surface area contributed by atoms with Crippen molar-refractivity contribution in [2.24, 2.45) is 5.92 Å². The fourth-order valence-corrected chi connectivity index (χ4v) is 2.36. The number of alkyl halides is 2. The minimum Gasteiger partial charge on any atom is -0.495 e. The first-order valence-corrected chi connectivity index (χ1v) is 7.20. The van der Waals surface area contributed by atoms with Crippen LogP contribution in [0.25, 0.3) is 11.3 Å². The van der Waals surface area contributed by atoms with Crippen molar-refractivity contribution in [2.75, 3.05) is 12.4 Å². The van der Waals surface area contributed by atoms with Gasteiger partial charge in [-0.15, -0.1) is 0 Å². The molecule has 0 saturated heterocycles. The van der Waals surface area contributed by atoms with E-state index in [4.69, 9.17) is 4.74 Å². The van der Waals surface area contributed by atoms with Gasteiger partial charge in [-0.25, -0.2) is 8.78 Å². The Morgan fingerprint density at radius 3 is 2.65 bits per heavy atom. The summed E-state index contributed by atoms with van der Waals surface area (Å²) < 4.78 is 31.0. The van der Waals surface area contributed by atoms with E-state index < -0.39 is 17.7 Å². The minimum absolute atomic E-state index is 0.377. The molecule has 23 heavy (non-hydrogen) atoms. The summed E-state index contributed by atoms with van der Waals surface area (Å²) in [6, 6.07) is 8.85. The summed E-state index contributed by atoms with van der Waals surface area (Å²) in [4.78, 5) is 16.1. The van der Waals surface area contributed by atoms with Crippen molar-refractivity contribution in [1.82, 2.24) is 4.98 Å². The number of nitrogens with zero attached hydrogens (tertiary/aromatic N) is 1. The van der Waals surface area contributed by atoms with Gasteiger partial charge in [0.1, 0.15) is 11.7 Å². The molecule has 1 aromatic carbocycles. The van der Waals surface area contributed by atoms with E-state index in [0.717, 1.165) is 16.8 Å². The summed E-state index contributed by atoms with van der Waals surface area (Å²) in [6.07, 6.45) is 1.22. The number of pyridine rings is 1. The lowest BCUT2D eigenvalue weighted by Crippen LogP contribution is -2.17. The van der Waals surface area contributed by atoms with E-state index in [0.29, 0.717) is 11.4 Å². The third kappa shape index (κ3) is 3.16. The summed E-state index contributed by atoms with van der Waals surface area (Å²) >= 11 is 0. The molecule has 0 radical (unpaired) electrons. The predicted octanol–water partition coefficient (Wildman–Crippen LogP) is 3.66. The van der Waals surface area contributed by atoms with Crippen LogP contribution in [0.1, 0.15) is 12.0 Å². The van der Waals surface area contributed by atoms with Gasteiger partial charge in [0, 0.05) is 17.7 Å². The molecule has 1 aliphatic rings. The van der Waals surface area contributed by atoms with E-state index in [2.05, 4.69) is 10.3 Å². The molecule has 0 bridgehead atoms. The van der Waals surface area contributed by atoms with Crippen LogP contribution < -0.4 is 10.1 Å². The number of amides is 1. The Morgan fingerprint density at radius 1 is 1.35 bits per heavy atom. The molecule has 2 aromatic rings. The summed E-state index contributed by atoms with van der Waals surface area (Å²) in [7, 11) is 1.56. The Balaban J connectivity index is 1.82. The maximum Gasteiger partial charge on any atom is 0.260 e. The van der Waals surface area contributed by atoms with Gasteiger partial charge in [-0.2, -0.15) is 0 Å². The lowest BCUT2D eigenvalue weighted by Gasteiger charge is -2.10. The van der Waals surface area contributed by atoms with Crippen molar-refractivity contribution in [1.29, 1.82) is 0 Å². The van der Waals surface area contributed by atoms with Crippen LogP contribution in [0, 0.1) is 12.8 Å². The van der Waals surface area contributed by atoms with Gasteiger partial charge in [0.2, 0.25) is 5.91 Å². The number of anilines is 1. The molecule has 6 heteroatoms. The molecule has 1 atom stereocenters. The standard InChI is InChI=1S/C17H16F2N2O2/c1-10-3-4-11(21-16(22)14-8-17(14,18)19)7-13(10)15-6-5-12(23-2)9-20-15/h3-7,9,14H,8H2,1-2H3,(H,21,22)/t14-/m0/s1. The van der Waals surface area contributed by atoms with Crippen molar-refractivity contribution in [2.45, 2.75) is 19.3 Å². The zero-order valence-corrected chi connectivity index (χ0v) is 12.8. The van der Waals surface area contributed by atoms with Crippen LogP contribution in [0.4, 0.5) is 14.5 Å². The van der Waals surface area contributed by atoms with Gasteiger partial charge in [-0.3, -0.25) is 9.78 Å². The molecule has 0 aliphatic heterocycles. The molecule has 1 saturated carbocycles. The number of aromatic nitrogens is 1. The van der Waals surface area contributed by atoms with E-state index in [1.165, 1.54) is 0 Å².